The normalized spacial score (nSPS) is 10.7. The van der Waals surface area contributed by atoms with Gasteiger partial charge in [-0.05, 0) is 40.2 Å². The van der Waals surface area contributed by atoms with Gasteiger partial charge in [0, 0.05) is 17.0 Å². The Kier molecular flexibility index (Phi) is 4.57. The predicted octanol–water partition coefficient (Wildman–Crippen LogP) is 4.63. The Hall–Kier alpha value is -2.34. The second-order valence-corrected chi connectivity index (χ2v) is 5.93. The first kappa shape index (κ1) is 16.5. The quantitative estimate of drug-likeness (QED) is 0.688. The van der Waals surface area contributed by atoms with Crippen LogP contribution in [0.5, 0.6) is 23.0 Å². The van der Waals surface area contributed by atoms with E-state index < -0.39 is 0 Å². The Morgan fingerprint density at radius 1 is 0.833 bits per heavy atom. The lowest BCUT2D eigenvalue weighted by Crippen LogP contribution is -1.95. The number of fused-ring (bicyclic) bond motifs is 1. The molecule has 0 saturated carbocycles. The highest BCUT2D eigenvalue weighted by Gasteiger charge is 2.18. The Morgan fingerprint density at radius 2 is 1.50 bits per heavy atom. The number of hydrogen-bond donors (Lipinski definition) is 1. The zero-order valence-electron chi connectivity index (χ0n) is 13.9. The van der Waals surface area contributed by atoms with E-state index in [1.807, 2.05) is 30.3 Å². The Morgan fingerprint density at radius 3 is 2.04 bits per heavy atom. The Balaban J connectivity index is 2.21. The third-order valence-corrected chi connectivity index (χ3v) is 4.72. The molecular formula is C18H18BrNO4. The minimum Gasteiger partial charge on any atom is -0.497 e. The first-order chi connectivity index (χ1) is 11.6. The molecule has 2 aromatic carbocycles. The molecule has 0 aliphatic heterocycles. The maximum atomic E-state index is 5.44. The molecule has 1 N–H and O–H groups in total. The summed E-state index contributed by atoms with van der Waals surface area (Å²) in [7, 11) is 6.45. The molecule has 0 aliphatic carbocycles. The number of rotatable bonds is 5. The van der Waals surface area contributed by atoms with E-state index in [0.717, 1.165) is 32.4 Å². The second-order valence-electron chi connectivity index (χ2n) is 5.14. The van der Waals surface area contributed by atoms with Gasteiger partial charge in [-0.15, -0.1) is 0 Å². The molecule has 24 heavy (non-hydrogen) atoms. The van der Waals surface area contributed by atoms with Gasteiger partial charge < -0.3 is 23.9 Å². The molecule has 0 radical (unpaired) electrons. The van der Waals surface area contributed by atoms with Crippen LogP contribution in [0.25, 0.3) is 22.2 Å². The lowest BCUT2D eigenvalue weighted by Gasteiger charge is -2.13. The van der Waals surface area contributed by atoms with Crippen molar-refractivity contribution in [2.24, 2.45) is 0 Å². The van der Waals surface area contributed by atoms with Crippen LogP contribution in [0.3, 0.4) is 0 Å². The average Bonchev–Trinajstić information content (AvgIpc) is 2.96. The maximum absolute atomic E-state index is 5.44. The van der Waals surface area contributed by atoms with E-state index >= 15 is 0 Å². The van der Waals surface area contributed by atoms with Crippen LogP contribution in [0.4, 0.5) is 0 Å². The first-order valence-corrected chi connectivity index (χ1v) is 8.07. The highest BCUT2D eigenvalue weighted by molar-refractivity contribution is 9.10. The molecule has 0 aliphatic rings. The summed E-state index contributed by atoms with van der Waals surface area (Å²) in [5.74, 6) is 2.58. The second kappa shape index (κ2) is 6.65. The van der Waals surface area contributed by atoms with Crippen LogP contribution in [0.2, 0.25) is 0 Å². The molecule has 126 valence electrons. The molecule has 6 heteroatoms. The molecule has 0 fully saturated rings. The van der Waals surface area contributed by atoms with Gasteiger partial charge in [0.25, 0.3) is 0 Å². The topological polar surface area (TPSA) is 52.7 Å². The van der Waals surface area contributed by atoms with Crippen LogP contribution in [-0.2, 0) is 0 Å². The fourth-order valence-corrected chi connectivity index (χ4v) is 3.37. The molecule has 0 saturated heterocycles. The van der Waals surface area contributed by atoms with Gasteiger partial charge in [0.1, 0.15) is 5.75 Å². The lowest BCUT2D eigenvalue weighted by molar-refractivity contribution is 0.324. The highest BCUT2D eigenvalue weighted by Crippen LogP contribution is 2.44. The standard InChI is InChI=1S/C18H18BrNO4/c1-21-11-5-6-12-13(9-11)20-17(16(12)19)10-7-14(22-2)18(24-4)15(8-10)23-3/h5-9,20H,1-4H3. The molecule has 0 spiro atoms. The minimum absolute atomic E-state index is 0.567. The molecule has 0 atom stereocenters. The summed E-state index contributed by atoms with van der Waals surface area (Å²) >= 11 is 3.68. The zero-order valence-corrected chi connectivity index (χ0v) is 15.5. The fraction of sp³-hybridized carbons (Fsp3) is 0.222. The van der Waals surface area contributed by atoms with Crippen LogP contribution in [0.1, 0.15) is 0 Å². The van der Waals surface area contributed by atoms with Crippen LogP contribution >= 0.6 is 15.9 Å². The van der Waals surface area contributed by atoms with Crippen molar-refractivity contribution in [3.63, 3.8) is 0 Å². The van der Waals surface area contributed by atoms with Crippen LogP contribution in [-0.4, -0.2) is 33.4 Å². The van der Waals surface area contributed by atoms with Gasteiger partial charge in [0.2, 0.25) is 5.75 Å². The molecule has 0 bridgehead atoms. The monoisotopic (exact) mass is 391 g/mol. The zero-order chi connectivity index (χ0) is 17.3. The number of hydrogen-bond acceptors (Lipinski definition) is 4. The molecule has 5 nitrogen and oxygen atoms in total. The summed E-state index contributed by atoms with van der Waals surface area (Å²) in [5, 5.41) is 1.07. The van der Waals surface area contributed by atoms with E-state index in [2.05, 4.69) is 20.9 Å². The molecule has 1 heterocycles. The number of H-pyrrole nitrogens is 1. The number of aromatic amines is 1. The summed E-state index contributed by atoms with van der Waals surface area (Å²) in [6.45, 7) is 0. The van der Waals surface area contributed by atoms with Gasteiger partial charge in [-0.1, -0.05) is 0 Å². The van der Waals surface area contributed by atoms with Gasteiger partial charge in [0.05, 0.1) is 44.1 Å². The van der Waals surface area contributed by atoms with Gasteiger partial charge in [-0.3, -0.25) is 0 Å². The fourth-order valence-electron chi connectivity index (χ4n) is 2.69. The SMILES string of the molecule is COc1ccc2c(Br)c(-c3cc(OC)c(OC)c(OC)c3)[nH]c2c1. The molecular weight excluding hydrogens is 374 g/mol. The van der Waals surface area contributed by atoms with E-state index in [1.165, 1.54) is 0 Å². The van der Waals surface area contributed by atoms with Crippen molar-refractivity contribution in [1.82, 2.24) is 4.98 Å². The number of ether oxygens (including phenoxy) is 4. The van der Waals surface area contributed by atoms with Crippen molar-refractivity contribution < 1.29 is 18.9 Å². The average molecular weight is 392 g/mol. The van der Waals surface area contributed by atoms with Gasteiger partial charge in [0.15, 0.2) is 11.5 Å². The number of benzene rings is 2. The Labute approximate surface area is 148 Å². The van der Waals surface area contributed by atoms with E-state index in [9.17, 15) is 0 Å². The lowest BCUT2D eigenvalue weighted by atomic mass is 10.1. The van der Waals surface area contributed by atoms with E-state index in [0.29, 0.717) is 17.2 Å². The molecule has 3 aromatic rings. The van der Waals surface area contributed by atoms with Crippen LogP contribution < -0.4 is 18.9 Å². The molecule has 3 rings (SSSR count). The smallest absolute Gasteiger partial charge is 0.203 e. The van der Waals surface area contributed by atoms with Crippen molar-refractivity contribution in [3.05, 3.63) is 34.8 Å². The van der Waals surface area contributed by atoms with Crippen molar-refractivity contribution in [1.29, 1.82) is 0 Å². The third-order valence-electron chi connectivity index (χ3n) is 3.90. The molecule has 1 aromatic heterocycles. The maximum Gasteiger partial charge on any atom is 0.203 e. The van der Waals surface area contributed by atoms with Crippen LogP contribution in [0, 0.1) is 0 Å². The summed E-state index contributed by atoms with van der Waals surface area (Å²) in [6, 6.07) is 9.72. The van der Waals surface area contributed by atoms with Gasteiger partial charge in [-0.25, -0.2) is 0 Å². The summed E-state index contributed by atoms with van der Waals surface area (Å²) in [6.07, 6.45) is 0. The van der Waals surface area contributed by atoms with Crippen molar-refractivity contribution in [2.75, 3.05) is 28.4 Å². The number of methoxy groups -OCH3 is 4. The number of aromatic nitrogens is 1. The number of nitrogens with one attached hydrogen (secondary N) is 1. The van der Waals surface area contributed by atoms with Gasteiger partial charge >= 0.3 is 0 Å². The van der Waals surface area contributed by atoms with Crippen molar-refractivity contribution in [2.45, 2.75) is 0 Å². The Bertz CT molecular complexity index is 863. The summed E-state index contributed by atoms with van der Waals surface area (Å²) < 4.78 is 22.5. The van der Waals surface area contributed by atoms with E-state index in [4.69, 9.17) is 18.9 Å². The molecule has 0 unspecified atom stereocenters. The van der Waals surface area contributed by atoms with Crippen molar-refractivity contribution in [3.8, 4) is 34.3 Å². The summed E-state index contributed by atoms with van der Waals surface area (Å²) in [5.41, 5.74) is 2.83. The van der Waals surface area contributed by atoms with Gasteiger partial charge in [-0.2, -0.15) is 0 Å². The highest BCUT2D eigenvalue weighted by atomic mass is 79.9. The van der Waals surface area contributed by atoms with Crippen LogP contribution in [0.15, 0.2) is 34.8 Å². The third kappa shape index (κ3) is 2.67. The van der Waals surface area contributed by atoms with E-state index in [1.54, 1.807) is 28.4 Å². The largest absolute Gasteiger partial charge is 0.497 e. The van der Waals surface area contributed by atoms with E-state index in [-0.39, 0.29) is 0 Å². The number of halogens is 1. The summed E-state index contributed by atoms with van der Waals surface area (Å²) in [4.78, 5) is 3.42. The predicted molar refractivity (Wildman–Crippen MR) is 97.6 cm³/mol. The first-order valence-electron chi connectivity index (χ1n) is 7.28. The molecule has 0 amide bonds. The minimum atomic E-state index is 0.567. The van der Waals surface area contributed by atoms with Crippen molar-refractivity contribution >= 4 is 26.8 Å².